The van der Waals surface area contributed by atoms with Gasteiger partial charge in [-0.05, 0) is 32.4 Å². The number of hydrogen-bond donors (Lipinski definition) is 0. The van der Waals surface area contributed by atoms with Gasteiger partial charge < -0.3 is 4.74 Å². The molecule has 2 atom stereocenters. The maximum atomic E-state index is 12.2. The molecule has 1 aromatic rings. The van der Waals surface area contributed by atoms with E-state index in [-0.39, 0.29) is 11.5 Å². The molecule has 0 bridgehead atoms. The van der Waals surface area contributed by atoms with Crippen molar-refractivity contribution in [2.24, 2.45) is 5.92 Å². The smallest absolute Gasteiger partial charge is 0.310 e. The van der Waals surface area contributed by atoms with Crippen molar-refractivity contribution < 1.29 is 17.9 Å². The van der Waals surface area contributed by atoms with Crippen molar-refractivity contribution in [2.75, 3.05) is 6.61 Å². The van der Waals surface area contributed by atoms with Gasteiger partial charge in [0.2, 0.25) is 0 Å². The summed E-state index contributed by atoms with van der Waals surface area (Å²) in [6.07, 6.45) is 0.370. The molecule has 0 saturated heterocycles. The van der Waals surface area contributed by atoms with Crippen LogP contribution in [0, 0.1) is 12.8 Å². The van der Waals surface area contributed by atoms with Crippen LogP contribution in [0.5, 0.6) is 0 Å². The van der Waals surface area contributed by atoms with Crippen LogP contribution in [0.1, 0.15) is 18.9 Å². The van der Waals surface area contributed by atoms with Crippen LogP contribution in [0.25, 0.3) is 0 Å². The predicted molar refractivity (Wildman–Crippen MR) is 66.9 cm³/mol. The Hall–Kier alpha value is -1.36. The highest BCUT2D eigenvalue weighted by atomic mass is 32.2. The average Bonchev–Trinajstić information content (AvgIpc) is 3.10. The summed E-state index contributed by atoms with van der Waals surface area (Å²) in [6, 6.07) is 6.69. The molecule has 0 aliphatic heterocycles. The molecule has 4 nitrogen and oxygen atoms in total. The quantitative estimate of drug-likeness (QED) is 0.780. The van der Waals surface area contributed by atoms with E-state index in [1.54, 1.807) is 31.2 Å². The van der Waals surface area contributed by atoms with Crippen LogP contribution >= 0.6 is 0 Å². The van der Waals surface area contributed by atoms with Crippen LogP contribution in [0.2, 0.25) is 0 Å². The Bertz CT molecular complexity index is 545. The van der Waals surface area contributed by atoms with Gasteiger partial charge in [0.1, 0.15) is 0 Å². The van der Waals surface area contributed by atoms with Crippen LogP contribution in [0.4, 0.5) is 0 Å². The lowest BCUT2D eigenvalue weighted by atomic mass is 10.2. The molecule has 5 heteroatoms. The number of benzene rings is 1. The Morgan fingerprint density at radius 1 is 1.33 bits per heavy atom. The molecule has 98 valence electrons. The molecule has 0 amide bonds. The summed E-state index contributed by atoms with van der Waals surface area (Å²) in [6.45, 7) is 3.89. The highest BCUT2D eigenvalue weighted by Gasteiger charge is 2.53. The van der Waals surface area contributed by atoms with Crippen molar-refractivity contribution in [3.8, 4) is 0 Å². The van der Waals surface area contributed by atoms with Gasteiger partial charge in [-0.25, -0.2) is 8.42 Å². The van der Waals surface area contributed by atoms with Crippen molar-refractivity contribution in [2.45, 2.75) is 30.4 Å². The lowest BCUT2D eigenvalue weighted by molar-refractivity contribution is -0.144. The highest BCUT2D eigenvalue weighted by Crippen LogP contribution is 2.41. The first kappa shape index (κ1) is 13.1. The molecule has 1 aliphatic carbocycles. The topological polar surface area (TPSA) is 60.4 Å². The van der Waals surface area contributed by atoms with Crippen LogP contribution in [-0.2, 0) is 19.4 Å². The van der Waals surface area contributed by atoms with E-state index < -0.39 is 27.0 Å². The van der Waals surface area contributed by atoms with E-state index in [0.29, 0.717) is 6.42 Å². The van der Waals surface area contributed by atoms with Crippen molar-refractivity contribution >= 4 is 15.8 Å². The lowest BCUT2D eigenvalue weighted by Gasteiger charge is -2.04. The van der Waals surface area contributed by atoms with Crippen molar-refractivity contribution in [1.29, 1.82) is 0 Å². The summed E-state index contributed by atoms with van der Waals surface area (Å²) in [4.78, 5) is 11.7. The zero-order valence-corrected chi connectivity index (χ0v) is 11.2. The lowest BCUT2D eigenvalue weighted by Crippen LogP contribution is -2.15. The van der Waals surface area contributed by atoms with Gasteiger partial charge >= 0.3 is 5.97 Å². The van der Waals surface area contributed by atoms with Gasteiger partial charge in [0.05, 0.1) is 22.7 Å². The van der Waals surface area contributed by atoms with E-state index in [9.17, 15) is 13.2 Å². The molecule has 18 heavy (non-hydrogen) atoms. The Kier molecular flexibility index (Phi) is 3.43. The number of rotatable bonds is 4. The minimum atomic E-state index is -3.40. The monoisotopic (exact) mass is 268 g/mol. The summed E-state index contributed by atoms with van der Waals surface area (Å²) < 4.78 is 29.3. The summed E-state index contributed by atoms with van der Waals surface area (Å²) in [7, 11) is -3.40. The van der Waals surface area contributed by atoms with Crippen molar-refractivity contribution in [1.82, 2.24) is 0 Å². The largest absolute Gasteiger partial charge is 0.466 e. The third-order valence-corrected chi connectivity index (χ3v) is 5.32. The minimum absolute atomic E-state index is 0.282. The molecule has 1 unspecified atom stereocenters. The van der Waals surface area contributed by atoms with Gasteiger partial charge in [-0.3, -0.25) is 4.79 Å². The standard InChI is InChI=1S/C13H16O4S/c1-3-17-13(14)11-8-12(11)18(15,16)10-6-4-9(2)5-7-10/h4-7,11-12H,3,8H2,1-2H3/t11-,12?/m1/s1. The van der Waals surface area contributed by atoms with Crippen LogP contribution < -0.4 is 0 Å². The molecule has 1 saturated carbocycles. The first-order valence-electron chi connectivity index (χ1n) is 5.94. The zero-order valence-electron chi connectivity index (χ0n) is 10.4. The Morgan fingerprint density at radius 3 is 2.50 bits per heavy atom. The SMILES string of the molecule is CCOC(=O)[C@@H]1CC1S(=O)(=O)c1ccc(C)cc1. The first-order chi connectivity index (χ1) is 8.46. The fourth-order valence-electron chi connectivity index (χ4n) is 1.91. The van der Waals surface area contributed by atoms with Gasteiger partial charge in [-0.2, -0.15) is 0 Å². The third kappa shape index (κ3) is 2.41. The Morgan fingerprint density at radius 2 is 1.94 bits per heavy atom. The molecule has 2 rings (SSSR count). The fourth-order valence-corrected chi connectivity index (χ4v) is 3.78. The van der Waals surface area contributed by atoms with Crippen LogP contribution in [0.3, 0.4) is 0 Å². The number of sulfone groups is 1. The normalized spacial score (nSPS) is 22.6. The second kappa shape index (κ2) is 4.72. The number of esters is 1. The molecule has 0 N–H and O–H groups in total. The summed E-state index contributed by atoms with van der Waals surface area (Å²) in [5.74, 6) is -0.894. The number of hydrogen-bond acceptors (Lipinski definition) is 4. The molecule has 1 aromatic carbocycles. The number of ether oxygens (including phenoxy) is 1. The van der Waals surface area contributed by atoms with Gasteiger partial charge in [-0.15, -0.1) is 0 Å². The van der Waals surface area contributed by atoms with Gasteiger partial charge in [0, 0.05) is 0 Å². The van der Waals surface area contributed by atoms with Crippen molar-refractivity contribution in [3.63, 3.8) is 0 Å². The molecular formula is C13H16O4S. The summed E-state index contributed by atoms with van der Waals surface area (Å²) in [5, 5.41) is -0.612. The molecular weight excluding hydrogens is 252 g/mol. The van der Waals surface area contributed by atoms with Gasteiger partial charge in [0.15, 0.2) is 9.84 Å². The minimum Gasteiger partial charge on any atom is -0.466 e. The van der Waals surface area contributed by atoms with Gasteiger partial charge in [0.25, 0.3) is 0 Å². The van der Waals surface area contributed by atoms with E-state index in [0.717, 1.165) is 5.56 Å². The average molecular weight is 268 g/mol. The van der Waals surface area contributed by atoms with E-state index in [2.05, 4.69) is 0 Å². The second-order valence-electron chi connectivity index (χ2n) is 4.49. The number of aryl methyl sites for hydroxylation is 1. The summed E-state index contributed by atoms with van der Waals surface area (Å²) in [5.41, 5.74) is 1.01. The van der Waals surface area contributed by atoms with Crippen LogP contribution in [-0.4, -0.2) is 26.2 Å². The third-order valence-electron chi connectivity index (χ3n) is 3.07. The number of carbonyl (C=O) groups is 1. The maximum absolute atomic E-state index is 12.2. The van der Waals surface area contributed by atoms with E-state index in [1.807, 2.05) is 6.92 Å². The molecule has 0 heterocycles. The predicted octanol–water partition coefficient (Wildman–Crippen LogP) is 1.72. The van der Waals surface area contributed by atoms with E-state index >= 15 is 0 Å². The Labute approximate surface area is 107 Å². The fraction of sp³-hybridized carbons (Fsp3) is 0.462. The van der Waals surface area contributed by atoms with Crippen molar-refractivity contribution in [3.05, 3.63) is 29.8 Å². The second-order valence-corrected chi connectivity index (χ2v) is 6.66. The molecule has 0 radical (unpaired) electrons. The molecule has 1 aliphatic rings. The Balaban J connectivity index is 2.15. The number of carbonyl (C=O) groups excluding carboxylic acids is 1. The molecule has 1 fully saturated rings. The zero-order chi connectivity index (χ0) is 13.3. The molecule has 0 spiro atoms. The summed E-state index contributed by atoms with van der Waals surface area (Å²) >= 11 is 0. The first-order valence-corrected chi connectivity index (χ1v) is 7.48. The maximum Gasteiger partial charge on any atom is 0.310 e. The highest BCUT2D eigenvalue weighted by molar-refractivity contribution is 7.92. The molecule has 0 aromatic heterocycles. The van der Waals surface area contributed by atoms with E-state index in [4.69, 9.17) is 4.74 Å². The van der Waals surface area contributed by atoms with Crippen LogP contribution in [0.15, 0.2) is 29.2 Å². The van der Waals surface area contributed by atoms with Gasteiger partial charge in [-0.1, -0.05) is 17.7 Å². The van der Waals surface area contributed by atoms with E-state index in [1.165, 1.54) is 0 Å².